The molecule has 34 heavy (non-hydrogen) atoms. The van der Waals surface area contributed by atoms with E-state index in [1.165, 1.54) is 5.56 Å². The quantitative estimate of drug-likeness (QED) is 0.355. The molecule has 166 valence electrons. The Balaban J connectivity index is 1.42. The van der Waals surface area contributed by atoms with Crippen LogP contribution in [0.4, 0.5) is 5.82 Å². The highest BCUT2D eigenvalue weighted by atomic mass is 15.1. The highest BCUT2D eigenvalue weighted by Crippen LogP contribution is 2.28. The molecule has 0 amide bonds. The highest BCUT2D eigenvalue weighted by Gasteiger charge is 2.16. The summed E-state index contributed by atoms with van der Waals surface area (Å²) in [5.74, 6) is 1.53. The van der Waals surface area contributed by atoms with Gasteiger partial charge in [0.1, 0.15) is 11.5 Å². The van der Waals surface area contributed by atoms with Gasteiger partial charge in [-0.05, 0) is 48.4 Å². The predicted molar refractivity (Wildman–Crippen MR) is 136 cm³/mol. The van der Waals surface area contributed by atoms with Crippen LogP contribution in [0.3, 0.4) is 0 Å². The van der Waals surface area contributed by atoms with Crippen molar-refractivity contribution in [3.8, 4) is 11.4 Å². The lowest BCUT2D eigenvalue weighted by atomic mass is 10.1. The molecule has 1 unspecified atom stereocenters. The number of rotatable bonds is 6. The molecule has 6 aromatic rings. The molecule has 4 heterocycles. The summed E-state index contributed by atoms with van der Waals surface area (Å²) in [6.07, 6.45) is 10.0. The lowest BCUT2D eigenvalue weighted by Crippen LogP contribution is -2.20. The van der Waals surface area contributed by atoms with Gasteiger partial charge in [-0.25, -0.2) is 15.0 Å². The first-order valence-corrected chi connectivity index (χ1v) is 11.4. The maximum absolute atomic E-state index is 5.00. The van der Waals surface area contributed by atoms with E-state index in [1.807, 2.05) is 34.9 Å². The van der Waals surface area contributed by atoms with Gasteiger partial charge in [0.05, 0.1) is 11.6 Å². The Morgan fingerprint density at radius 2 is 1.68 bits per heavy atom. The van der Waals surface area contributed by atoms with Crippen LogP contribution in [0.2, 0.25) is 0 Å². The fraction of sp³-hybridized carbons (Fsp3) is 0.107. The van der Waals surface area contributed by atoms with Gasteiger partial charge in [-0.3, -0.25) is 0 Å². The number of imidazole rings is 1. The van der Waals surface area contributed by atoms with Crippen LogP contribution in [0.1, 0.15) is 17.2 Å². The van der Waals surface area contributed by atoms with Gasteiger partial charge in [0.25, 0.3) is 0 Å². The van der Waals surface area contributed by atoms with E-state index in [0.717, 1.165) is 33.5 Å². The zero-order valence-electron chi connectivity index (χ0n) is 18.8. The number of hydrogen-bond donors (Lipinski definition) is 1. The third kappa shape index (κ3) is 3.69. The topological polar surface area (TPSA) is 60.0 Å². The van der Waals surface area contributed by atoms with Crippen LogP contribution in [-0.2, 0) is 0 Å². The number of para-hydroxylation sites is 1. The van der Waals surface area contributed by atoms with Gasteiger partial charge in [0.2, 0.25) is 0 Å². The second kappa shape index (κ2) is 8.48. The van der Waals surface area contributed by atoms with E-state index in [4.69, 9.17) is 9.97 Å². The average Bonchev–Trinajstić information content (AvgIpc) is 3.56. The first-order valence-electron chi connectivity index (χ1n) is 11.4. The molecule has 0 aliphatic heterocycles. The van der Waals surface area contributed by atoms with E-state index in [0.29, 0.717) is 12.4 Å². The van der Waals surface area contributed by atoms with Crippen molar-refractivity contribution in [2.24, 2.45) is 0 Å². The Hall–Kier alpha value is -4.45. The summed E-state index contributed by atoms with van der Waals surface area (Å²) < 4.78 is 4.23. The zero-order valence-corrected chi connectivity index (χ0v) is 18.8. The first-order chi connectivity index (χ1) is 16.8. The summed E-state index contributed by atoms with van der Waals surface area (Å²) in [4.78, 5) is 14.3. The van der Waals surface area contributed by atoms with Gasteiger partial charge in [0, 0.05) is 48.5 Å². The monoisotopic (exact) mass is 444 g/mol. The van der Waals surface area contributed by atoms with E-state index < -0.39 is 0 Å². The summed E-state index contributed by atoms with van der Waals surface area (Å²) >= 11 is 0. The van der Waals surface area contributed by atoms with Gasteiger partial charge in [-0.15, -0.1) is 0 Å². The first kappa shape index (κ1) is 20.2. The minimum absolute atomic E-state index is 0.136. The fourth-order valence-corrected chi connectivity index (χ4v) is 4.44. The van der Waals surface area contributed by atoms with Crippen molar-refractivity contribution < 1.29 is 0 Å². The van der Waals surface area contributed by atoms with E-state index >= 15 is 0 Å². The third-order valence-corrected chi connectivity index (χ3v) is 6.22. The average molecular weight is 445 g/mol. The Morgan fingerprint density at radius 1 is 0.882 bits per heavy atom. The van der Waals surface area contributed by atoms with Crippen LogP contribution in [-0.4, -0.2) is 30.5 Å². The lowest BCUT2D eigenvalue weighted by Gasteiger charge is -2.21. The molecule has 1 N–H and O–H groups in total. The molecule has 0 saturated heterocycles. The molecule has 4 aromatic heterocycles. The second-order valence-electron chi connectivity index (χ2n) is 8.41. The Kier molecular flexibility index (Phi) is 5.03. The molecule has 6 heteroatoms. The van der Waals surface area contributed by atoms with Crippen molar-refractivity contribution in [2.75, 3.05) is 11.9 Å². The standard InChI is InChI=1S/C28H24N6/c1-20-17-26-29-13-16-34(26)19-23(20)28-31-24-12-6-5-11-22(24)27(32-28)30-18-25(33-14-7-8-15-33)21-9-3-2-4-10-21/h2-17,19,25H,18H2,1H3,(H,30,31,32). The van der Waals surface area contributed by atoms with Crippen molar-refractivity contribution >= 4 is 22.4 Å². The number of hydrogen-bond acceptors (Lipinski definition) is 4. The molecule has 0 aliphatic carbocycles. The summed E-state index contributed by atoms with van der Waals surface area (Å²) in [5.41, 5.74) is 5.15. The van der Waals surface area contributed by atoms with Gasteiger partial charge >= 0.3 is 0 Å². The maximum atomic E-state index is 5.00. The van der Waals surface area contributed by atoms with Crippen molar-refractivity contribution in [3.63, 3.8) is 0 Å². The van der Waals surface area contributed by atoms with Crippen LogP contribution in [0.25, 0.3) is 27.9 Å². The minimum atomic E-state index is 0.136. The van der Waals surface area contributed by atoms with Gasteiger partial charge in [-0.1, -0.05) is 42.5 Å². The van der Waals surface area contributed by atoms with Crippen LogP contribution in [0, 0.1) is 6.92 Å². The Bertz CT molecular complexity index is 1570. The van der Waals surface area contributed by atoms with Crippen LogP contribution in [0.5, 0.6) is 0 Å². The molecule has 0 bridgehead atoms. The van der Waals surface area contributed by atoms with Crippen LogP contribution >= 0.6 is 0 Å². The molecule has 0 fully saturated rings. The third-order valence-electron chi connectivity index (χ3n) is 6.22. The number of pyridine rings is 1. The molecule has 0 saturated carbocycles. The normalized spacial score (nSPS) is 12.3. The van der Waals surface area contributed by atoms with Gasteiger partial charge in [-0.2, -0.15) is 0 Å². The summed E-state index contributed by atoms with van der Waals surface area (Å²) in [6, 6.07) is 25.0. The van der Waals surface area contributed by atoms with Crippen molar-refractivity contribution in [1.29, 1.82) is 0 Å². The fourth-order valence-electron chi connectivity index (χ4n) is 4.44. The molecular weight excluding hydrogens is 420 g/mol. The van der Waals surface area contributed by atoms with E-state index in [-0.39, 0.29) is 6.04 Å². The van der Waals surface area contributed by atoms with Crippen molar-refractivity contribution in [3.05, 3.63) is 115 Å². The predicted octanol–water partition coefficient (Wildman–Crippen LogP) is 5.76. The largest absolute Gasteiger partial charge is 0.367 e. The maximum Gasteiger partial charge on any atom is 0.163 e. The minimum Gasteiger partial charge on any atom is -0.367 e. The van der Waals surface area contributed by atoms with E-state index in [9.17, 15) is 0 Å². The smallest absolute Gasteiger partial charge is 0.163 e. The van der Waals surface area contributed by atoms with Crippen LogP contribution in [0.15, 0.2) is 104 Å². The second-order valence-corrected chi connectivity index (χ2v) is 8.41. The molecule has 0 aliphatic rings. The van der Waals surface area contributed by atoms with Crippen molar-refractivity contribution in [2.45, 2.75) is 13.0 Å². The number of fused-ring (bicyclic) bond motifs is 2. The molecule has 0 radical (unpaired) electrons. The Morgan fingerprint density at radius 3 is 2.53 bits per heavy atom. The number of nitrogens with zero attached hydrogens (tertiary/aromatic N) is 5. The van der Waals surface area contributed by atoms with Gasteiger partial charge in [0.15, 0.2) is 5.82 Å². The SMILES string of the molecule is Cc1cc2nccn2cc1-c1nc(NCC(c2ccccc2)n2cccc2)c2ccccc2n1. The molecule has 6 nitrogen and oxygen atoms in total. The summed E-state index contributed by atoms with van der Waals surface area (Å²) in [5, 5.41) is 4.65. The summed E-state index contributed by atoms with van der Waals surface area (Å²) in [6.45, 7) is 2.77. The molecule has 0 spiro atoms. The van der Waals surface area contributed by atoms with Gasteiger partial charge < -0.3 is 14.3 Å². The van der Waals surface area contributed by atoms with Crippen LogP contribution < -0.4 is 5.32 Å². The molecule has 6 rings (SSSR count). The van der Waals surface area contributed by atoms with Crippen molar-refractivity contribution in [1.82, 2.24) is 23.9 Å². The molecule has 1 atom stereocenters. The number of aromatic nitrogens is 5. The zero-order chi connectivity index (χ0) is 22.9. The van der Waals surface area contributed by atoms with E-state index in [1.54, 1.807) is 6.20 Å². The highest BCUT2D eigenvalue weighted by molar-refractivity contribution is 5.90. The summed E-state index contributed by atoms with van der Waals surface area (Å²) in [7, 11) is 0. The van der Waals surface area contributed by atoms with E-state index in [2.05, 4.69) is 88.9 Å². The lowest BCUT2D eigenvalue weighted by molar-refractivity contribution is 0.613. The Labute approximate surface area is 197 Å². The number of nitrogens with one attached hydrogen (secondary N) is 1. The molecular formula is C28H24N6. The number of benzene rings is 2. The number of anilines is 1. The number of aryl methyl sites for hydroxylation is 1. The molecule has 2 aromatic carbocycles.